The summed E-state index contributed by atoms with van der Waals surface area (Å²) in [6, 6.07) is 11.7. The molecular formula is C21H16O5. The Morgan fingerprint density at radius 3 is 2.46 bits per heavy atom. The third kappa shape index (κ3) is 2.58. The van der Waals surface area contributed by atoms with E-state index in [0.29, 0.717) is 22.1 Å². The van der Waals surface area contributed by atoms with Crippen molar-refractivity contribution in [1.29, 1.82) is 0 Å². The monoisotopic (exact) mass is 348 g/mol. The summed E-state index contributed by atoms with van der Waals surface area (Å²) in [4.78, 5) is 23.2. The van der Waals surface area contributed by atoms with Crippen LogP contribution in [0, 0.1) is 13.8 Å². The molecule has 0 aliphatic rings. The van der Waals surface area contributed by atoms with Crippen LogP contribution in [0.1, 0.15) is 16.7 Å². The van der Waals surface area contributed by atoms with E-state index in [4.69, 9.17) is 13.9 Å². The molecule has 2 aromatic heterocycles. The van der Waals surface area contributed by atoms with Crippen molar-refractivity contribution in [2.24, 2.45) is 0 Å². The maximum Gasteiger partial charge on any atom is 0.340 e. The fourth-order valence-electron chi connectivity index (χ4n) is 3.22. The van der Waals surface area contributed by atoms with Crippen LogP contribution in [0.5, 0.6) is 0 Å². The third-order valence-electron chi connectivity index (χ3n) is 4.67. The lowest BCUT2D eigenvalue weighted by Crippen LogP contribution is -2.14. The van der Waals surface area contributed by atoms with Gasteiger partial charge in [0.25, 0.3) is 0 Å². The fraction of sp³-hybridized carbons (Fsp3) is 0.143. The van der Waals surface area contributed by atoms with Gasteiger partial charge in [-0.25, -0.2) is 4.79 Å². The summed E-state index contributed by atoms with van der Waals surface area (Å²) in [6.07, 6.45) is 1.32. The minimum absolute atomic E-state index is 0.171. The van der Waals surface area contributed by atoms with E-state index in [0.717, 1.165) is 16.5 Å². The van der Waals surface area contributed by atoms with E-state index in [1.165, 1.54) is 5.56 Å². The Kier molecular flexibility index (Phi) is 3.65. The summed E-state index contributed by atoms with van der Waals surface area (Å²) in [5.41, 5.74) is 4.30. The first-order valence-electron chi connectivity index (χ1n) is 8.20. The zero-order valence-electron chi connectivity index (χ0n) is 14.3. The van der Waals surface area contributed by atoms with E-state index in [1.807, 2.05) is 37.3 Å². The molecule has 0 aliphatic carbocycles. The normalized spacial score (nSPS) is 11.3. The van der Waals surface area contributed by atoms with Crippen LogP contribution in [0.4, 0.5) is 0 Å². The molecule has 4 aromatic rings. The molecule has 1 N–H and O–H groups in total. The molecule has 0 amide bonds. The number of benzene rings is 2. The molecule has 0 aliphatic heterocycles. The first-order chi connectivity index (χ1) is 12.4. The highest BCUT2D eigenvalue weighted by Crippen LogP contribution is 2.34. The average molecular weight is 348 g/mol. The van der Waals surface area contributed by atoms with Crippen LogP contribution < -0.4 is 5.63 Å². The van der Waals surface area contributed by atoms with Crippen LogP contribution in [-0.4, -0.2) is 11.1 Å². The average Bonchev–Trinajstić information content (AvgIpc) is 3.00. The first-order valence-corrected chi connectivity index (χ1v) is 8.20. The quantitative estimate of drug-likeness (QED) is 0.553. The molecule has 0 atom stereocenters. The van der Waals surface area contributed by atoms with Crippen LogP contribution in [0.25, 0.3) is 33.1 Å². The van der Waals surface area contributed by atoms with Gasteiger partial charge < -0.3 is 13.9 Å². The highest BCUT2D eigenvalue weighted by molar-refractivity contribution is 6.02. The van der Waals surface area contributed by atoms with Gasteiger partial charge in [-0.3, -0.25) is 4.79 Å². The Balaban J connectivity index is 1.99. The van der Waals surface area contributed by atoms with Gasteiger partial charge >= 0.3 is 11.6 Å². The summed E-state index contributed by atoms with van der Waals surface area (Å²) in [7, 11) is 0. The van der Waals surface area contributed by atoms with Crippen molar-refractivity contribution >= 4 is 27.9 Å². The molecular weight excluding hydrogens is 332 g/mol. The number of furan rings is 1. The summed E-state index contributed by atoms with van der Waals surface area (Å²) < 4.78 is 11.0. The summed E-state index contributed by atoms with van der Waals surface area (Å²) >= 11 is 0. The summed E-state index contributed by atoms with van der Waals surface area (Å²) in [5, 5.41) is 10.6. The number of hydrogen-bond donors (Lipinski definition) is 1. The van der Waals surface area contributed by atoms with Gasteiger partial charge in [-0.2, -0.15) is 0 Å². The molecule has 5 heteroatoms. The Labute approximate surface area is 148 Å². The Morgan fingerprint density at radius 1 is 1.04 bits per heavy atom. The first kappa shape index (κ1) is 16.1. The lowest BCUT2D eigenvalue weighted by Gasteiger charge is -2.07. The molecule has 130 valence electrons. The fourth-order valence-corrected chi connectivity index (χ4v) is 3.22. The van der Waals surface area contributed by atoms with Gasteiger partial charge in [0.1, 0.15) is 11.2 Å². The maximum atomic E-state index is 12.1. The third-order valence-corrected chi connectivity index (χ3v) is 4.67. The molecule has 0 fully saturated rings. The highest BCUT2D eigenvalue weighted by Gasteiger charge is 2.17. The SMILES string of the molecule is Cc1ccc(-c2coc3cc4oc(=O)c(CC(=O)O)c(C)c4cc23)cc1. The van der Waals surface area contributed by atoms with Crippen LogP contribution in [-0.2, 0) is 11.2 Å². The van der Waals surface area contributed by atoms with Gasteiger partial charge in [0.15, 0.2) is 0 Å². The second-order valence-electron chi connectivity index (χ2n) is 6.42. The van der Waals surface area contributed by atoms with Gasteiger partial charge in [-0.15, -0.1) is 0 Å². The molecule has 0 spiro atoms. The number of aryl methyl sites for hydroxylation is 2. The highest BCUT2D eigenvalue weighted by atomic mass is 16.4. The van der Waals surface area contributed by atoms with E-state index < -0.39 is 11.6 Å². The van der Waals surface area contributed by atoms with Crippen molar-refractivity contribution in [3.05, 3.63) is 69.8 Å². The summed E-state index contributed by atoms with van der Waals surface area (Å²) in [5.74, 6) is -1.07. The number of carboxylic acids is 1. The second-order valence-corrected chi connectivity index (χ2v) is 6.42. The van der Waals surface area contributed by atoms with Crippen LogP contribution >= 0.6 is 0 Å². The van der Waals surface area contributed by atoms with E-state index in [-0.39, 0.29) is 12.0 Å². The molecule has 26 heavy (non-hydrogen) atoms. The van der Waals surface area contributed by atoms with E-state index >= 15 is 0 Å². The molecule has 5 nitrogen and oxygen atoms in total. The largest absolute Gasteiger partial charge is 0.481 e. The smallest absolute Gasteiger partial charge is 0.340 e. The lowest BCUT2D eigenvalue weighted by molar-refractivity contribution is -0.136. The molecule has 0 unspecified atom stereocenters. The minimum Gasteiger partial charge on any atom is -0.481 e. The van der Waals surface area contributed by atoms with E-state index in [1.54, 1.807) is 19.3 Å². The van der Waals surface area contributed by atoms with E-state index in [2.05, 4.69) is 0 Å². The Bertz CT molecular complexity index is 1210. The zero-order valence-corrected chi connectivity index (χ0v) is 14.3. The van der Waals surface area contributed by atoms with Crippen LogP contribution in [0.15, 0.2) is 56.3 Å². The minimum atomic E-state index is -1.07. The topological polar surface area (TPSA) is 80.7 Å². The Hall–Kier alpha value is -3.34. The van der Waals surface area contributed by atoms with Gasteiger partial charge in [-0.05, 0) is 31.0 Å². The van der Waals surface area contributed by atoms with E-state index in [9.17, 15) is 9.59 Å². The predicted octanol–water partition coefficient (Wildman–Crippen LogP) is 4.45. The van der Waals surface area contributed by atoms with Crippen molar-refractivity contribution in [2.45, 2.75) is 20.3 Å². The number of fused-ring (bicyclic) bond motifs is 2. The predicted molar refractivity (Wildman–Crippen MR) is 98.5 cm³/mol. The van der Waals surface area contributed by atoms with Crippen LogP contribution in [0.2, 0.25) is 0 Å². The zero-order chi connectivity index (χ0) is 18.4. The van der Waals surface area contributed by atoms with Crippen molar-refractivity contribution in [2.75, 3.05) is 0 Å². The molecule has 2 heterocycles. The lowest BCUT2D eigenvalue weighted by atomic mass is 9.99. The molecule has 0 radical (unpaired) electrons. The van der Waals surface area contributed by atoms with Gasteiger partial charge in [0.2, 0.25) is 0 Å². The molecule has 0 saturated heterocycles. The number of aliphatic carboxylic acids is 1. The number of carbonyl (C=O) groups is 1. The molecule has 2 aromatic carbocycles. The number of hydrogen-bond acceptors (Lipinski definition) is 4. The summed E-state index contributed by atoms with van der Waals surface area (Å²) in [6.45, 7) is 3.77. The standard InChI is InChI=1S/C21H16O5/c1-11-3-5-13(6-4-11)17-10-25-18-9-19-14(7-16(17)18)12(2)15(8-20(22)23)21(24)26-19/h3-7,9-10H,8H2,1-2H3,(H,22,23). The van der Waals surface area contributed by atoms with Crippen molar-refractivity contribution < 1.29 is 18.7 Å². The van der Waals surface area contributed by atoms with Gasteiger partial charge in [0, 0.05) is 22.4 Å². The van der Waals surface area contributed by atoms with Crippen LogP contribution in [0.3, 0.4) is 0 Å². The van der Waals surface area contributed by atoms with Crippen molar-refractivity contribution in [1.82, 2.24) is 0 Å². The van der Waals surface area contributed by atoms with Gasteiger partial charge in [0.05, 0.1) is 18.2 Å². The molecule has 0 saturated carbocycles. The molecule has 4 rings (SSSR count). The number of carboxylic acid groups (broad SMARTS) is 1. The molecule has 0 bridgehead atoms. The Morgan fingerprint density at radius 2 is 1.77 bits per heavy atom. The second kappa shape index (κ2) is 5.88. The van der Waals surface area contributed by atoms with Gasteiger partial charge in [-0.1, -0.05) is 29.8 Å². The number of rotatable bonds is 3. The van der Waals surface area contributed by atoms with Crippen molar-refractivity contribution in [3.63, 3.8) is 0 Å². The van der Waals surface area contributed by atoms with Crippen molar-refractivity contribution in [3.8, 4) is 11.1 Å². The maximum absolute atomic E-state index is 12.1.